The molecule has 3 aliphatic rings. The van der Waals surface area contributed by atoms with Crippen LogP contribution in [0.2, 0.25) is 20.1 Å². The van der Waals surface area contributed by atoms with Crippen LogP contribution in [-0.2, 0) is 49.3 Å². The van der Waals surface area contributed by atoms with Gasteiger partial charge >= 0.3 is 19.1 Å². The highest BCUT2D eigenvalue weighted by atomic mass is 79.9. The first kappa shape index (κ1) is 71.2. The number of hydrogen-bond donors (Lipinski definition) is 5. The number of benzene rings is 6. The Morgan fingerprint density at radius 1 is 0.648 bits per heavy atom. The normalized spacial score (nSPS) is 14.9. The zero-order valence-corrected chi connectivity index (χ0v) is 55.5. The summed E-state index contributed by atoms with van der Waals surface area (Å²) >= 11 is 27.5. The summed E-state index contributed by atoms with van der Waals surface area (Å²) in [6.45, 7) is 29.9. The van der Waals surface area contributed by atoms with Crippen LogP contribution in [0.3, 0.4) is 0 Å². The Morgan fingerprint density at radius 3 is 1.48 bits per heavy atom. The first-order chi connectivity index (χ1) is 42.9. The number of ether oxygens (including phenoxy) is 3. The van der Waals surface area contributed by atoms with E-state index in [0.717, 1.165) is 47.3 Å². The maximum atomic E-state index is 14.8. The second kappa shape index (κ2) is 30.4. The molecule has 1 saturated heterocycles. The smallest absolute Gasteiger partial charge is 0.494 e. The van der Waals surface area contributed by atoms with Gasteiger partial charge in [-0.05, 0) is 168 Å². The summed E-state index contributed by atoms with van der Waals surface area (Å²) in [5.41, 5.74) is 3.08. The summed E-state index contributed by atoms with van der Waals surface area (Å²) in [6, 6.07) is 14.4. The van der Waals surface area contributed by atoms with Crippen LogP contribution in [0.25, 0.3) is 20.8 Å². The molecule has 2 atom stereocenters. The Hall–Kier alpha value is -7.28. The van der Waals surface area contributed by atoms with E-state index in [1.165, 1.54) is 19.2 Å². The zero-order chi connectivity index (χ0) is 67.0. The number of fused-ring (bicyclic) bond motifs is 2. The Morgan fingerprint density at radius 2 is 1.05 bits per heavy atom. The number of carbonyl (C=O) groups is 4. The molecular formula is C65H64BBrCl4F4N6O10. The number of methoxy groups -OCH3 is 1. The van der Waals surface area contributed by atoms with Crippen LogP contribution in [-0.4, -0.2) is 91.7 Å². The first-order valence-electron chi connectivity index (χ1n) is 28.6. The highest BCUT2D eigenvalue weighted by molar-refractivity contribution is 9.10. The molecule has 0 unspecified atom stereocenters. The van der Waals surface area contributed by atoms with Crippen LogP contribution >= 0.6 is 62.3 Å². The second-order valence-electron chi connectivity index (χ2n) is 23.0. The highest BCUT2D eigenvalue weighted by Gasteiger charge is 2.53. The van der Waals surface area contributed by atoms with E-state index in [0.29, 0.717) is 86.4 Å². The molecule has 3 aliphatic heterocycles. The number of amides is 2. The summed E-state index contributed by atoms with van der Waals surface area (Å²) < 4.78 is 89.0. The topological polar surface area (TPSA) is 192 Å². The minimum absolute atomic E-state index is 0.0317. The van der Waals surface area contributed by atoms with Gasteiger partial charge in [-0.3, -0.25) is 9.59 Å². The third-order valence-corrected chi connectivity index (χ3v) is 17.6. The number of carbonyl (C=O) groups excluding carboxylic acids is 3. The average Bonchev–Trinajstić information content (AvgIpc) is 1.92. The van der Waals surface area contributed by atoms with Crippen molar-refractivity contribution in [1.82, 2.24) is 10.6 Å². The zero-order valence-electron chi connectivity index (χ0n) is 50.9. The third-order valence-electron chi connectivity index (χ3n) is 15.1. The minimum Gasteiger partial charge on any atom is -0.494 e. The number of carboxylic acid groups (broad SMARTS) is 1. The number of esters is 1. The predicted molar refractivity (Wildman–Crippen MR) is 348 cm³/mol. The van der Waals surface area contributed by atoms with E-state index < -0.39 is 88.6 Å². The lowest BCUT2D eigenvalue weighted by molar-refractivity contribution is -0.143. The van der Waals surface area contributed by atoms with Gasteiger partial charge in [0.25, 0.3) is 11.8 Å². The van der Waals surface area contributed by atoms with Crippen LogP contribution < -0.4 is 36.2 Å². The van der Waals surface area contributed by atoms with Gasteiger partial charge in [-0.15, -0.1) is 0 Å². The average molecular weight is 1400 g/mol. The van der Waals surface area contributed by atoms with Crippen molar-refractivity contribution in [3.05, 3.63) is 177 Å². The molecule has 3 heterocycles. The first-order valence-corrected chi connectivity index (χ1v) is 30.9. The monoisotopic (exact) mass is 1390 g/mol. The fourth-order valence-corrected chi connectivity index (χ4v) is 11.5. The maximum absolute atomic E-state index is 14.8. The number of hydrogen-bond acceptors (Lipinski definition) is 11. The number of aliphatic carboxylic acids is 1. The number of rotatable bonds is 16. The predicted octanol–water partition coefficient (Wildman–Crippen LogP) is 15.3. The number of nitrogens with one attached hydrogen (secondary N) is 4. The van der Waals surface area contributed by atoms with E-state index in [1.807, 2.05) is 53.7 Å². The Bertz CT molecular complexity index is 3780. The van der Waals surface area contributed by atoms with E-state index >= 15 is 0 Å². The Kier molecular flexibility index (Phi) is 23.8. The van der Waals surface area contributed by atoms with E-state index in [4.69, 9.17) is 83.1 Å². The van der Waals surface area contributed by atoms with Crippen molar-refractivity contribution in [3.63, 3.8) is 0 Å². The van der Waals surface area contributed by atoms with Gasteiger partial charge in [-0.25, -0.2) is 36.8 Å². The molecule has 0 radical (unpaired) electrons. The minimum atomic E-state index is -1.48. The van der Waals surface area contributed by atoms with E-state index in [1.54, 1.807) is 38.1 Å². The maximum Gasteiger partial charge on any atom is 0.498 e. The summed E-state index contributed by atoms with van der Waals surface area (Å²) in [5.74, 6) is -7.56. The highest BCUT2D eigenvalue weighted by Crippen LogP contribution is 2.46. The van der Waals surface area contributed by atoms with Gasteiger partial charge < -0.3 is 49.9 Å². The van der Waals surface area contributed by atoms with Crippen molar-refractivity contribution in [2.24, 2.45) is 0 Å². The van der Waals surface area contributed by atoms with Crippen molar-refractivity contribution >= 4 is 121 Å². The second-order valence-corrected chi connectivity index (χ2v) is 25.4. The molecule has 2 amide bonds. The molecule has 91 heavy (non-hydrogen) atoms. The van der Waals surface area contributed by atoms with Gasteiger partial charge in [0.2, 0.25) is 0 Å². The molecule has 0 saturated carbocycles. The number of carboxylic acids is 1. The Balaban J connectivity index is 0.000000221. The molecule has 6 aromatic rings. The lowest BCUT2D eigenvalue weighted by Crippen LogP contribution is -2.44. The molecule has 0 aliphatic carbocycles. The van der Waals surface area contributed by atoms with Gasteiger partial charge in [0.1, 0.15) is 58.0 Å². The molecule has 0 spiro atoms. The van der Waals surface area contributed by atoms with Crippen molar-refractivity contribution in [2.45, 2.75) is 129 Å². The molecule has 0 aromatic heterocycles. The van der Waals surface area contributed by atoms with Gasteiger partial charge in [0, 0.05) is 73.0 Å². The van der Waals surface area contributed by atoms with Gasteiger partial charge in [0.05, 0.1) is 49.1 Å². The van der Waals surface area contributed by atoms with Gasteiger partial charge in [-0.2, -0.15) is 0 Å². The molecule has 0 bridgehead atoms. The van der Waals surface area contributed by atoms with Crippen LogP contribution in [0.1, 0.15) is 111 Å². The molecule has 26 heteroatoms. The van der Waals surface area contributed by atoms with Gasteiger partial charge in [-0.1, -0.05) is 70.7 Å². The van der Waals surface area contributed by atoms with E-state index in [9.17, 15) is 41.8 Å². The molecule has 9 rings (SSSR count). The van der Waals surface area contributed by atoms with Crippen LogP contribution in [0.15, 0.2) is 77.3 Å². The molecule has 16 nitrogen and oxygen atoms in total. The van der Waals surface area contributed by atoms with Crippen LogP contribution in [0.4, 0.5) is 40.3 Å². The molecule has 6 aromatic carbocycles. The van der Waals surface area contributed by atoms with Crippen molar-refractivity contribution in [2.75, 3.05) is 31.0 Å². The lowest BCUT2D eigenvalue weighted by Gasteiger charge is -2.32. The number of halogens is 9. The molecular weight excluding hydrogens is 1330 g/mol. The van der Waals surface area contributed by atoms with E-state index in [-0.39, 0.29) is 52.0 Å². The van der Waals surface area contributed by atoms with Crippen LogP contribution in [0, 0.1) is 36.4 Å². The fourth-order valence-electron chi connectivity index (χ4n) is 10.2. The SMILES string of the molecule is COC(=O)[C@H](Cc1ccc(B2OC(C)(C)C(C)(C)O2)c2c1CCCO2)NC(=O)c1c(F)cc(NC(C)C)cc1F.[C-]#[N+]c1cc(Cl)c(-c2ccc(C[C@H](NC(=O)c3c(F)cc(NC(C)C)cc3F)C(=O)O)c3c2OCCC3)c(Cl)c1.[C-]#[N+]c1cc(Cl)c(Br)c(Cl)c1. The van der Waals surface area contributed by atoms with E-state index in [2.05, 4.69) is 46.9 Å². The number of anilines is 2. The molecule has 5 N–H and O–H groups in total. The standard InChI is InChI=1S/C29H37BF2N2O6.C29H25Cl2F2N3O4.C7H2BrCl2N/c1-16(2)33-18-14-21(31)24(22(32)15-18)26(35)34-23(27(36)37-7)13-17-10-11-20(25-19(17)9-8-12-38-25)30-39-28(3,4)29(5,6)40-30;1-14(2)35-17-12-22(32)26(23(33)13-17)28(37)36-24(29(38)39)9-15-6-7-19(27-18(15)5-4-8-40-27)25-20(30)10-16(34-3)11-21(25)31;1-11-4-2-5(9)7(8)6(10)3-4/h10-11,14-16,23,33H,8-9,12-13H2,1-7H3,(H,34,35);6-7,10-14,24,35H,4-5,8-9H2,1-2H3,(H,36,37)(H,38,39);2-3H/t23-;24-;/m00./s1. The van der Waals surface area contributed by atoms with Crippen molar-refractivity contribution in [3.8, 4) is 22.6 Å². The summed E-state index contributed by atoms with van der Waals surface area (Å²) in [6.07, 6.45) is 2.52. The molecule has 480 valence electrons. The lowest BCUT2D eigenvalue weighted by atomic mass is 9.75. The van der Waals surface area contributed by atoms with Gasteiger partial charge in [0.15, 0.2) is 11.4 Å². The van der Waals surface area contributed by atoms with Crippen LogP contribution in [0.5, 0.6) is 11.5 Å². The Labute approximate surface area is 553 Å². The van der Waals surface area contributed by atoms with Crippen molar-refractivity contribution in [1.29, 1.82) is 0 Å². The van der Waals surface area contributed by atoms with Crippen molar-refractivity contribution < 1.29 is 65.4 Å². The third kappa shape index (κ3) is 17.1. The largest absolute Gasteiger partial charge is 0.498 e. The summed E-state index contributed by atoms with van der Waals surface area (Å²) in [7, 11) is 0.552. The quantitative estimate of drug-likeness (QED) is 0.0203. The summed E-state index contributed by atoms with van der Waals surface area (Å²) in [5, 5.41) is 21.8. The summed E-state index contributed by atoms with van der Waals surface area (Å²) in [4.78, 5) is 57.2. The molecule has 1 fully saturated rings. The number of nitrogens with zero attached hydrogens (tertiary/aromatic N) is 2. The fraction of sp³-hybridized carbons (Fsp3) is 0.354.